The van der Waals surface area contributed by atoms with Crippen molar-refractivity contribution in [1.82, 2.24) is 4.31 Å². The largest absolute Gasteiger partial charge is 0.495 e. The highest BCUT2D eigenvalue weighted by molar-refractivity contribution is 7.89. The number of sulfonamides is 1. The number of amides is 1. The molecule has 2 aromatic carbocycles. The number of hydrogen-bond acceptors (Lipinski definition) is 6. The lowest BCUT2D eigenvalue weighted by Crippen LogP contribution is -2.35. The number of nitrogens with one attached hydrogen (secondary N) is 1. The molecule has 1 amide bonds. The maximum absolute atomic E-state index is 13.1. The van der Waals surface area contributed by atoms with E-state index in [2.05, 4.69) is 10.1 Å². The number of anilines is 1. The highest BCUT2D eigenvalue weighted by Gasteiger charge is 2.29. The number of piperidine rings is 1. The van der Waals surface area contributed by atoms with Gasteiger partial charge in [0.05, 0.1) is 19.8 Å². The van der Waals surface area contributed by atoms with Crippen molar-refractivity contribution in [2.24, 2.45) is 0 Å². The first-order chi connectivity index (χ1) is 15.3. The first kappa shape index (κ1) is 23.5. The van der Waals surface area contributed by atoms with E-state index in [9.17, 15) is 18.0 Å². The molecule has 0 bridgehead atoms. The van der Waals surface area contributed by atoms with Crippen LogP contribution in [0.2, 0.25) is 0 Å². The summed E-state index contributed by atoms with van der Waals surface area (Å²) in [6.07, 6.45) is 5.54. The van der Waals surface area contributed by atoms with Crippen LogP contribution < -0.4 is 10.1 Å². The van der Waals surface area contributed by atoms with Crippen molar-refractivity contribution < 1.29 is 27.5 Å². The van der Waals surface area contributed by atoms with Crippen LogP contribution in [0.15, 0.2) is 53.4 Å². The van der Waals surface area contributed by atoms with Crippen LogP contribution in [0.5, 0.6) is 5.75 Å². The summed E-state index contributed by atoms with van der Waals surface area (Å²) in [4.78, 5) is 23.8. The molecule has 0 aliphatic carbocycles. The summed E-state index contributed by atoms with van der Waals surface area (Å²) < 4.78 is 37.6. The SMILES string of the molecule is COC(=O)c1ccc(NC(=O)/C=C/c2ccc(OC)c(S(=O)(=O)N3CCCCC3)c2)cc1. The number of carbonyl (C=O) groups is 2. The van der Waals surface area contributed by atoms with Crippen molar-refractivity contribution >= 4 is 33.7 Å². The third kappa shape index (κ3) is 5.54. The van der Waals surface area contributed by atoms with Crippen molar-refractivity contribution in [3.05, 3.63) is 59.7 Å². The Balaban J connectivity index is 1.74. The topological polar surface area (TPSA) is 102 Å². The normalized spacial score (nSPS) is 14.8. The summed E-state index contributed by atoms with van der Waals surface area (Å²) in [6.45, 7) is 0.978. The monoisotopic (exact) mass is 458 g/mol. The minimum Gasteiger partial charge on any atom is -0.495 e. The molecule has 170 valence electrons. The Hall–Kier alpha value is -3.17. The first-order valence-electron chi connectivity index (χ1n) is 10.2. The third-order valence-electron chi connectivity index (χ3n) is 5.12. The molecule has 1 saturated heterocycles. The molecule has 9 heteroatoms. The molecule has 1 N–H and O–H groups in total. The number of esters is 1. The summed E-state index contributed by atoms with van der Waals surface area (Å²) in [7, 11) is -0.965. The van der Waals surface area contributed by atoms with E-state index < -0.39 is 21.9 Å². The second kappa shape index (κ2) is 10.4. The predicted octanol–water partition coefficient (Wildman–Crippen LogP) is 3.31. The van der Waals surface area contributed by atoms with Crippen molar-refractivity contribution in [1.29, 1.82) is 0 Å². The van der Waals surface area contributed by atoms with Gasteiger partial charge < -0.3 is 14.8 Å². The Labute approximate surface area is 187 Å². The Morgan fingerprint density at radius 2 is 1.69 bits per heavy atom. The molecule has 3 rings (SSSR count). The molecule has 0 unspecified atom stereocenters. The van der Waals surface area contributed by atoms with Gasteiger partial charge >= 0.3 is 5.97 Å². The average molecular weight is 459 g/mol. The van der Waals surface area contributed by atoms with Crippen LogP contribution in [0.25, 0.3) is 6.08 Å². The second-order valence-corrected chi connectivity index (χ2v) is 9.17. The lowest BCUT2D eigenvalue weighted by Gasteiger charge is -2.26. The van der Waals surface area contributed by atoms with Crippen molar-refractivity contribution in [3.8, 4) is 5.75 Å². The van der Waals surface area contributed by atoms with Crippen LogP contribution in [0.1, 0.15) is 35.2 Å². The lowest BCUT2D eigenvalue weighted by molar-refractivity contribution is -0.111. The van der Waals surface area contributed by atoms with Gasteiger partial charge in [0.1, 0.15) is 10.6 Å². The lowest BCUT2D eigenvalue weighted by atomic mass is 10.2. The summed E-state index contributed by atoms with van der Waals surface area (Å²) in [6, 6.07) is 11.1. The van der Waals surface area contributed by atoms with Crippen LogP contribution in [0, 0.1) is 0 Å². The van der Waals surface area contributed by atoms with Crippen LogP contribution in [-0.2, 0) is 19.6 Å². The zero-order valence-electron chi connectivity index (χ0n) is 18.0. The molecule has 1 aliphatic heterocycles. The third-order valence-corrected chi connectivity index (χ3v) is 7.04. The molecule has 0 spiro atoms. The zero-order chi connectivity index (χ0) is 23.1. The molecule has 32 heavy (non-hydrogen) atoms. The van der Waals surface area contributed by atoms with Gasteiger partial charge in [0.15, 0.2) is 0 Å². The van der Waals surface area contributed by atoms with E-state index in [4.69, 9.17) is 4.74 Å². The zero-order valence-corrected chi connectivity index (χ0v) is 18.9. The minimum absolute atomic E-state index is 0.0860. The highest BCUT2D eigenvalue weighted by atomic mass is 32.2. The van der Waals surface area contributed by atoms with E-state index >= 15 is 0 Å². The second-order valence-electron chi connectivity index (χ2n) is 7.27. The number of hydrogen-bond donors (Lipinski definition) is 1. The van der Waals surface area contributed by atoms with Crippen molar-refractivity contribution in [3.63, 3.8) is 0 Å². The van der Waals surface area contributed by atoms with Gasteiger partial charge in [-0.3, -0.25) is 4.79 Å². The molecular weight excluding hydrogens is 432 g/mol. The smallest absolute Gasteiger partial charge is 0.337 e. The molecule has 1 aliphatic rings. The summed E-state index contributed by atoms with van der Waals surface area (Å²) >= 11 is 0. The Morgan fingerprint density at radius 1 is 1.00 bits per heavy atom. The average Bonchev–Trinajstić information content (AvgIpc) is 2.83. The molecular formula is C23H26N2O6S. The maximum Gasteiger partial charge on any atom is 0.337 e. The molecule has 8 nitrogen and oxygen atoms in total. The van der Waals surface area contributed by atoms with Gasteiger partial charge in [-0.15, -0.1) is 0 Å². The van der Waals surface area contributed by atoms with Crippen LogP contribution in [-0.4, -0.2) is 51.9 Å². The van der Waals surface area contributed by atoms with E-state index in [0.717, 1.165) is 19.3 Å². The first-order valence-corrected chi connectivity index (χ1v) is 11.6. The van der Waals surface area contributed by atoms with Crippen molar-refractivity contribution in [2.75, 3.05) is 32.6 Å². The number of rotatable bonds is 7. The van der Waals surface area contributed by atoms with E-state index in [0.29, 0.717) is 29.9 Å². The number of carbonyl (C=O) groups excluding carboxylic acids is 2. The van der Waals surface area contributed by atoms with Crippen LogP contribution in [0.4, 0.5) is 5.69 Å². The molecule has 0 atom stereocenters. The van der Waals surface area contributed by atoms with Gasteiger partial charge in [0.25, 0.3) is 0 Å². The molecule has 0 radical (unpaired) electrons. The number of nitrogens with zero attached hydrogens (tertiary/aromatic N) is 1. The fraction of sp³-hybridized carbons (Fsp3) is 0.304. The summed E-state index contributed by atoms with van der Waals surface area (Å²) in [5.74, 6) is -0.590. The molecule has 1 fully saturated rings. The fourth-order valence-electron chi connectivity index (χ4n) is 3.41. The fourth-order valence-corrected chi connectivity index (χ4v) is 5.11. The number of methoxy groups -OCH3 is 2. The van der Waals surface area contributed by atoms with E-state index in [1.165, 1.54) is 36.7 Å². The van der Waals surface area contributed by atoms with Gasteiger partial charge in [0, 0.05) is 24.9 Å². The molecule has 0 aromatic heterocycles. The van der Waals surface area contributed by atoms with E-state index in [1.807, 2.05) is 0 Å². The van der Waals surface area contributed by atoms with E-state index in [-0.39, 0.29) is 10.6 Å². The molecule has 2 aromatic rings. The Bertz CT molecular complexity index is 1100. The summed E-state index contributed by atoms with van der Waals surface area (Å²) in [5, 5.41) is 2.69. The predicted molar refractivity (Wildman–Crippen MR) is 121 cm³/mol. The highest BCUT2D eigenvalue weighted by Crippen LogP contribution is 2.30. The van der Waals surface area contributed by atoms with Gasteiger partial charge in [0.2, 0.25) is 15.9 Å². The molecule has 0 saturated carbocycles. The van der Waals surface area contributed by atoms with Crippen LogP contribution >= 0.6 is 0 Å². The number of benzene rings is 2. The standard InChI is InChI=1S/C23H26N2O6S/c1-30-20-12-6-17(16-21(20)32(28,29)25-14-4-3-5-15-25)7-13-22(26)24-19-10-8-18(9-11-19)23(27)31-2/h6-13,16H,3-5,14-15H2,1-2H3,(H,24,26)/b13-7+. The van der Waals surface area contributed by atoms with Gasteiger partial charge in [-0.1, -0.05) is 12.5 Å². The van der Waals surface area contributed by atoms with E-state index in [1.54, 1.807) is 36.4 Å². The number of ether oxygens (including phenoxy) is 2. The van der Waals surface area contributed by atoms with Crippen molar-refractivity contribution in [2.45, 2.75) is 24.2 Å². The Morgan fingerprint density at radius 3 is 2.31 bits per heavy atom. The van der Waals surface area contributed by atoms with Gasteiger partial charge in [-0.25, -0.2) is 13.2 Å². The minimum atomic E-state index is -3.69. The van der Waals surface area contributed by atoms with Gasteiger partial charge in [-0.2, -0.15) is 4.31 Å². The van der Waals surface area contributed by atoms with Gasteiger partial charge in [-0.05, 0) is 60.9 Å². The van der Waals surface area contributed by atoms with Crippen LogP contribution in [0.3, 0.4) is 0 Å². The molecule has 1 heterocycles. The Kier molecular flexibility index (Phi) is 7.66. The quantitative estimate of drug-likeness (QED) is 0.505. The maximum atomic E-state index is 13.1. The summed E-state index contributed by atoms with van der Waals surface area (Å²) in [5.41, 5.74) is 1.44.